The molecule has 2 aromatic heterocycles. The monoisotopic (exact) mass is 446 g/mol. The predicted molar refractivity (Wildman–Crippen MR) is 132 cm³/mol. The Morgan fingerprint density at radius 3 is 2.67 bits per heavy atom. The molecule has 0 spiro atoms. The van der Waals surface area contributed by atoms with Crippen LogP contribution in [0.25, 0.3) is 33.1 Å². The fraction of sp³-hybridized carbons (Fsp3) is 0.308. The molecule has 7 nitrogen and oxygen atoms in total. The number of nitrogens with one attached hydrogen (secondary N) is 3. The van der Waals surface area contributed by atoms with Crippen molar-refractivity contribution < 1.29 is 9.53 Å². The number of benzene rings is 2. The first-order chi connectivity index (χ1) is 16.1. The third-order valence-electron chi connectivity index (χ3n) is 5.94. The number of H-pyrrole nitrogens is 2. The van der Waals surface area contributed by atoms with E-state index >= 15 is 0 Å². The number of amides is 1. The van der Waals surface area contributed by atoms with Gasteiger partial charge in [0.1, 0.15) is 0 Å². The van der Waals surface area contributed by atoms with Crippen LogP contribution < -0.4 is 10.9 Å². The summed E-state index contributed by atoms with van der Waals surface area (Å²) in [5.41, 5.74) is 4.30. The van der Waals surface area contributed by atoms with E-state index in [1.807, 2.05) is 56.3 Å². The molecule has 0 saturated carbocycles. The Morgan fingerprint density at radius 2 is 1.85 bits per heavy atom. The summed E-state index contributed by atoms with van der Waals surface area (Å²) in [5.74, 6) is 0. The van der Waals surface area contributed by atoms with Crippen molar-refractivity contribution in [1.29, 1.82) is 0 Å². The van der Waals surface area contributed by atoms with E-state index in [9.17, 15) is 9.59 Å². The first kappa shape index (κ1) is 22.6. The molecule has 0 radical (unpaired) electrons. The zero-order valence-electron chi connectivity index (χ0n) is 19.3. The number of aromatic amines is 2. The highest BCUT2D eigenvalue weighted by molar-refractivity contribution is 5.89. The van der Waals surface area contributed by atoms with E-state index in [-0.39, 0.29) is 17.7 Å². The molecular weight excluding hydrogens is 416 g/mol. The van der Waals surface area contributed by atoms with Gasteiger partial charge in [-0.25, -0.2) is 4.79 Å². The van der Waals surface area contributed by atoms with Crippen LogP contribution in [0.1, 0.15) is 25.8 Å². The number of nitrogens with zero attached hydrogens (tertiary/aromatic N) is 1. The Balaban J connectivity index is 0.00000126. The number of hydrogen-bond acceptors (Lipinski definition) is 4. The lowest BCUT2D eigenvalue weighted by molar-refractivity contribution is 0.132. The van der Waals surface area contributed by atoms with Crippen molar-refractivity contribution in [3.63, 3.8) is 0 Å². The van der Waals surface area contributed by atoms with Crippen molar-refractivity contribution >= 4 is 27.9 Å². The van der Waals surface area contributed by atoms with Crippen molar-refractivity contribution in [2.24, 2.45) is 0 Å². The lowest BCUT2D eigenvalue weighted by Crippen LogP contribution is -2.34. The molecule has 0 bridgehead atoms. The Hall–Kier alpha value is -3.58. The van der Waals surface area contributed by atoms with Crippen molar-refractivity contribution in [2.45, 2.75) is 32.9 Å². The molecule has 5 rings (SSSR count). The number of aromatic nitrogens is 2. The van der Waals surface area contributed by atoms with Crippen LogP contribution in [0.2, 0.25) is 0 Å². The van der Waals surface area contributed by atoms with Crippen LogP contribution in [0.3, 0.4) is 0 Å². The second-order valence-electron chi connectivity index (χ2n) is 7.99. The zero-order chi connectivity index (χ0) is 23.4. The average molecular weight is 447 g/mol. The summed E-state index contributed by atoms with van der Waals surface area (Å²) in [6, 6.07) is 18.2. The van der Waals surface area contributed by atoms with Gasteiger partial charge in [-0.05, 0) is 47.7 Å². The molecule has 1 unspecified atom stereocenters. The SMILES string of the molecule is CC.COC(=O)N1CCC(NCc2ccc3[nH]c(-c4cc5ccccc5[nH]c4=O)cc3c2)C1. The standard InChI is InChI=1S/C24H24N4O3.C2H6/c1-31-24(30)28-9-8-18(14-28)25-13-15-6-7-21-17(10-15)12-22(26-21)19-11-16-4-2-3-5-20(16)27-23(19)29;1-2/h2-7,10-12,18,25-26H,8-9,13-14H2,1H3,(H,27,29);1-2H3. The van der Waals surface area contributed by atoms with Gasteiger partial charge in [-0.2, -0.15) is 0 Å². The normalized spacial score (nSPS) is 15.5. The van der Waals surface area contributed by atoms with Gasteiger partial charge in [0, 0.05) is 42.1 Å². The molecule has 1 aliphatic rings. The maximum atomic E-state index is 12.6. The summed E-state index contributed by atoms with van der Waals surface area (Å²) < 4.78 is 4.80. The number of para-hydroxylation sites is 1. The van der Waals surface area contributed by atoms with E-state index in [0.717, 1.165) is 39.5 Å². The highest BCUT2D eigenvalue weighted by Gasteiger charge is 2.26. The first-order valence-electron chi connectivity index (χ1n) is 11.4. The molecule has 1 saturated heterocycles. The van der Waals surface area contributed by atoms with Crippen LogP contribution in [0.4, 0.5) is 4.79 Å². The summed E-state index contributed by atoms with van der Waals surface area (Å²) in [4.78, 5) is 32.3. The third kappa shape index (κ3) is 4.78. The third-order valence-corrected chi connectivity index (χ3v) is 5.94. The van der Waals surface area contributed by atoms with Crippen LogP contribution in [0.15, 0.2) is 59.4 Å². The van der Waals surface area contributed by atoms with Crippen molar-refractivity contribution in [3.05, 3.63) is 70.5 Å². The van der Waals surface area contributed by atoms with Crippen LogP contribution in [-0.2, 0) is 11.3 Å². The lowest BCUT2D eigenvalue weighted by Gasteiger charge is -2.15. The van der Waals surface area contributed by atoms with Crippen LogP contribution in [-0.4, -0.2) is 47.2 Å². The number of methoxy groups -OCH3 is 1. The minimum Gasteiger partial charge on any atom is -0.453 e. The number of pyridine rings is 1. The Kier molecular flexibility index (Phi) is 6.79. The maximum Gasteiger partial charge on any atom is 0.409 e. The van der Waals surface area contributed by atoms with Gasteiger partial charge >= 0.3 is 6.09 Å². The van der Waals surface area contributed by atoms with Gasteiger partial charge in [0.2, 0.25) is 0 Å². The van der Waals surface area contributed by atoms with Crippen LogP contribution in [0.5, 0.6) is 0 Å². The number of carbonyl (C=O) groups excluding carboxylic acids is 1. The minimum atomic E-state index is -0.269. The number of carbonyl (C=O) groups is 1. The van der Waals surface area contributed by atoms with Gasteiger partial charge in [-0.3, -0.25) is 4.79 Å². The van der Waals surface area contributed by atoms with Gasteiger partial charge in [0.15, 0.2) is 0 Å². The highest BCUT2D eigenvalue weighted by atomic mass is 16.5. The first-order valence-corrected chi connectivity index (χ1v) is 11.4. The van der Waals surface area contributed by atoms with E-state index in [2.05, 4.69) is 27.4 Å². The molecule has 2 aromatic carbocycles. The molecule has 172 valence electrons. The molecule has 0 aliphatic carbocycles. The van der Waals surface area contributed by atoms with Crippen molar-refractivity contribution in [2.75, 3.05) is 20.2 Å². The summed E-state index contributed by atoms with van der Waals surface area (Å²) >= 11 is 0. The van der Waals surface area contributed by atoms with E-state index in [1.165, 1.54) is 7.11 Å². The number of likely N-dealkylation sites (tertiary alicyclic amines) is 1. The minimum absolute atomic E-state index is 0.108. The largest absolute Gasteiger partial charge is 0.453 e. The fourth-order valence-corrected chi connectivity index (χ4v) is 4.27. The molecule has 1 atom stereocenters. The van der Waals surface area contributed by atoms with Crippen molar-refractivity contribution in [3.8, 4) is 11.3 Å². The summed E-state index contributed by atoms with van der Waals surface area (Å²) in [6.07, 6.45) is 0.644. The molecule has 7 heteroatoms. The van der Waals surface area contributed by atoms with Gasteiger partial charge in [0.05, 0.1) is 18.4 Å². The predicted octanol–water partition coefficient (Wildman–Crippen LogP) is 4.63. The Morgan fingerprint density at radius 1 is 1.06 bits per heavy atom. The van der Waals surface area contributed by atoms with E-state index in [1.54, 1.807) is 4.90 Å². The molecule has 3 heterocycles. The summed E-state index contributed by atoms with van der Waals surface area (Å²) in [7, 11) is 1.41. The second-order valence-corrected chi connectivity index (χ2v) is 7.99. The second kappa shape index (κ2) is 9.92. The summed E-state index contributed by atoms with van der Waals surface area (Å²) in [5, 5.41) is 5.58. The van der Waals surface area contributed by atoms with Crippen LogP contribution >= 0.6 is 0 Å². The lowest BCUT2D eigenvalue weighted by atomic mass is 10.1. The molecular formula is C26H30N4O3. The number of hydrogen-bond donors (Lipinski definition) is 3. The summed E-state index contributed by atoms with van der Waals surface area (Å²) in [6.45, 7) is 6.09. The molecule has 1 amide bonds. The number of ether oxygens (including phenoxy) is 1. The molecule has 4 aromatic rings. The Labute approximate surface area is 192 Å². The van der Waals surface area contributed by atoms with Crippen molar-refractivity contribution in [1.82, 2.24) is 20.2 Å². The van der Waals surface area contributed by atoms with E-state index < -0.39 is 0 Å². The highest BCUT2D eigenvalue weighted by Crippen LogP contribution is 2.25. The molecule has 1 aliphatic heterocycles. The molecule has 33 heavy (non-hydrogen) atoms. The van der Waals surface area contributed by atoms with Gasteiger partial charge in [-0.15, -0.1) is 0 Å². The van der Waals surface area contributed by atoms with Crippen LogP contribution in [0, 0.1) is 0 Å². The van der Waals surface area contributed by atoms with Gasteiger partial charge in [-0.1, -0.05) is 38.1 Å². The fourth-order valence-electron chi connectivity index (χ4n) is 4.27. The average Bonchev–Trinajstić information content (AvgIpc) is 3.50. The number of fused-ring (bicyclic) bond motifs is 2. The smallest absolute Gasteiger partial charge is 0.409 e. The number of rotatable bonds is 4. The molecule has 3 N–H and O–H groups in total. The van der Waals surface area contributed by atoms with Gasteiger partial charge in [0.25, 0.3) is 5.56 Å². The van der Waals surface area contributed by atoms with E-state index in [0.29, 0.717) is 25.2 Å². The zero-order valence-corrected chi connectivity index (χ0v) is 19.3. The van der Waals surface area contributed by atoms with Gasteiger partial charge < -0.3 is 24.9 Å². The quantitative estimate of drug-likeness (QED) is 0.426. The molecule has 1 fully saturated rings. The van der Waals surface area contributed by atoms with E-state index in [4.69, 9.17) is 4.74 Å². The maximum absolute atomic E-state index is 12.6. The Bertz CT molecular complexity index is 1320. The topological polar surface area (TPSA) is 90.2 Å².